The van der Waals surface area contributed by atoms with Crippen LogP contribution in [0.2, 0.25) is 0 Å². The van der Waals surface area contributed by atoms with E-state index in [-0.39, 0.29) is 5.69 Å². The number of non-ortho nitro benzene ring substituents is 1. The summed E-state index contributed by atoms with van der Waals surface area (Å²) < 4.78 is 23.2. The summed E-state index contributed by atoms with van der Waals surface area (Å²) >= 11 is 0. The van der Waals surface area contributed by atoms with Gasteiger partial charge in [-0.05, 0) is 11.1 Å². The van der Waals surface area contributed by atoms with E-state index in [1.165, 1.54) is 26.4 Å². The fraction of sp³-hybridized carbons (Fsp3) is 0.200. The molecule has 0 N–H and O–H groups in total. The van der Waals surface area contributed by atoms with Crippen LogP contribution < -0.4 is 0 Å². The van der Waals surface area contributed by atoms with Gasteiger partial charge in [0.15, 0.2) is 0 Å². The van der Waals surface area contributed by atoms with Crippen LogP contribution in [0.25, 0.3) is 0 Å². The Morgan fingerprint density at radius 3 is 1.91 bits per heavy atom. The van der Waals surface area contributed by atoms with Crippen molar-refractivity contribution in [3.8, 4) is 0 Å². The Balaban J connectivity index is 2.54. The second-order valence-electron chi connectivity index (χ2n) is 4.57. The van der Waals surface area contributed by atoms with E-state index in [0.717, 1.165) is 5.56 Å². The van der Waals surface area contributed by atoms with Gasteiger partial charge in [0.2, 0.25) is 0 Å². The third kappa shape index (κ3) is 3.25. The fourth-order valence-electron chi connectivity index (χ4n) is 2.26. The normalized spacial score (nSPS) is 12.8. The summed E-state index contributed by atoms with van der Waals surface area (Å²) in [5.74, 6) is 0. The van der Waals surface area contributed by atoms with E-state index in [1.807, 2.05) is 30.3 Å². The van der Waals surface area contributed by atoms with E-state index in [2.05, 4.69) is 0 Å². The highest BCUT2D eigenvalue weighted by Gasteiger charge is 2.36. The molecule has 1 atom stereocenters. The van der Waals surface area contributed by atoms with Gasteiger partial charge in [-0.15, -0.1) is 0 Å². The molecule has 0 aliphatic rings. The van der Waals surface area contributed by atoms with E-state index in [4.69, 9.17) is 9.05 Å². The number of hydrogen-bond acceptors (Lipinski definition) is 5. The van der Waals surface area contributed by atoms with Gasteiger partial charge < -0.3 is 9.05 Å². The largest absolute Gasteiger partial charge is 0.341 e. The van der Waals surface area contributed by atoms with Crippen molar-refractivity contribution in [2.45, 2.75) is 5.66 Å². The summed E-state index contributed by atoms with van der Waals surface area (Å²) in [7, 11) is -0.794. The summed E-state index contributed by atoms with van der Waals surface area (Å²) in [4.78, 5) is 10.3. The molecular weight excluding hydrogens is 305 g/mol. The number of nitro groups is 1. The van der Waals surface area contributed by atoms with Crippen LogP contribution in [-0.2, 0) is 13.6 Å². The predicted molar refractivity (Wildman–Crippen MR) is 83.0 cm³/mol. The van der Waals surface area contributed by atoms with Gasteiger partial charge in [0.25, 0.3) is 5.69 Å². The average molecular weight is 321 g/mol. The number of nitro benzene ring substituents is 1. The van der Waals surface area contributed by atoms with Crippen molar-refractivity contribution in [1.82, 2.24) is 0 Å². The zero-order valence-electron chi connectivity index (χ0n) is 12.2. The minimum atomic E-state index is -3.44. The highest BCUT2D eigenvalue weighted by molar-refractivity contribution is 7.54. The maximum atomic E-state index is 12.9. The van der Waals surface area contributed by atoms with Gasteiger partial charge in [-0.1, -0.05) is 42.5 Å². The summed E-state index contributed by atoms with van der Waals surface area (Å²) in [5, 5.41) is 10.8. The highest BCUT2D eigenvalue weighted by Crippen LogP contribution is 2.62. The molecule has 2 rings (SSSR count). The second kappa shape index (κ2) is 6.83. The summed E-state index contributed by atoms with van der Waals surface area (Å²) in [6.45, 7) is 0. The molecule has 2 aromatic carbocycles. The molecule has 6 nitrogen and oxygen atoms in total. The first kappa shape index (κ1) is 16.4. The van der Waals surface area contributed by atoms with Crippen LogP contribution in [0.1, 0.15) is 16.8 Å². The van der Waals surface area contributed by atoms with Crippen LogP contribution >= 0.6 is 7.60 Å². The summed E-state index contributed by atoms with van der Waals surface area (Å²) in [6.07, 6.45) is 0. The van der Waals surface area contributed by atoms with Gasteiger partial charge in [-0.25, -0.2) is 0 Å². The van der Waals surface area contributed by atoms with Gasteiger partial charge in [-0.3, -0.25) is 14.7 Å². The van der Waals surface area contributed by atoms with E-state index in [9.17, 15) is 14.7 Å². The van der Waals surface area contributed by atoms with Crippen LogP contribution in [0, 0.1) is 10.1 Å². The van der Waals surface area contributed by atoms with Crippen molar-refractivity contribution >= 4 is 13.3 Å². The monoisotopic (exact) mass is 321 g/mol. The lowest BCUT2D eigenvalue weighted by Gasteiger charge is -2.25. The Morgan fingerprint density at radius 1 is 0.955 bits per heavy atom. The van der Waals surface area contributed by atoms with Crippen molar-refractivity contribution in [3.63, 3.8) is 0 Å². The molecule has 0 amide bonds. The third-order valence-electron chi connectivity index (χ3n) is 3.36. The molecule has 0 heterocycles. The Labute approximate surface area is 128 Å². The van der Waals surface area contributed by atoms with Crippen LogP contribution in [0.15, 0.2) is 54.6 Å². The smallest absolute Gasteiger partial charge is 0.311 e. The topological polar surface area (TPSA) is 78.7 Å². The zero-order valence-corrected chi connectivity index (χ0v) is 13.1. The molecule has 116 valence electrons. The van der Waals surface area contributed by atoms with Crippen molar-refractivity contribution in [3.05, 3.63) is 75.8 Å². The van der Waals surface area contributed by atoms with Crippen molar-refractivity contribution < 1.29 is 18.5 Å². The highest BCUT2D eigenvalue weighted by atomic mass is 31.2. The van der Waals surface area contributed by atoms with Crippen LogP contribution in [0.4, 0.5) is 5.69 Å². The number of benzene rings is 2. The number of hydrogen-bond donors (Lipinski definition) is 0. The minimum absolute atomic E-state index is 0.0276. The first-order valence-electron chi connectivity index (χ1n) is 6.52. The van der Waals surface area contributed by atoms with Crippen molar-refractivity contribution in [2.75, 3.05) is 14.2 Å². The van der Waals surface area contributed by atoms with Gasteiger partial charge in [-0.2, -0.15) is 0 Å². The maximum Gasteiger partial charge on any atom is 0.341 e. The minimum Gasteiger partial charge on any atom is -0.311 e. The van der Waals surface area contributed by atoms with E-state index in [1.54, 1.807) is 12.1 Å². The number of rotatable bonds is 6. The lowest BCUT2D eigenvalue weighted by Crippen LogP contribution is -2.06. The van der Waals surface area contributed by atoms with E-state index in [0.29, 0.717) is 5.56 Å². The summed E-state index contributed by atoms with van der Waals surface area (Å²) in [5.41, 5.74) is 0.706. The Hall–Kier alpha value is -2.01. The zero-order chi connectivity index (χ0) is 16.2. The first-order chi connectivity index (χ1) is 10.5. The fourth-order valence-corrected chi connectivity index (χ4v) is 3.90. The molecule has 22 heavy (non-hydrogen) atoms. The Morgan fingerprint density at radius 2 is 1.45 bits per heavy atom. The lowest BCUT2D eigenvalue weighted by molar-refractivity contribution is -0.384. The molecule has 1 unspecified atom stereocenters. The van der Waals surface area contributed by atoms with Gasteiger partial charge in [0, 0.05) is 26.4 Å². The molecule has 0 saturated carbocycles. The molecule has 0 spiro atoms. The van der Waals surface area contributed by atoms with Gasteiger partial charge in [0.05, 0.1) is 4.92 Å². The Bertz CT molecular complexity index is 679. The predicted octanol–water partition coefficient (Wildman–Crippen LogP) is 4.17. The lowest BCUT2D eigenvalue weighted by atomic mass is 10.0. The third-order valence-corrected chi connectivity index (χ3v) is 5.61. The first-order valence-corrected chi connectivity index (χ1v) is 8.13. The van der Waals surface area contributed by atoms with Crippen molar-refractivity contribution in [1.29, 1.82) is 0 Å². The molecule has 0 aromatic heterocycles. The average Bonchev–Trinajstić information content (AvgIpc) is 2.56. The maximum absolute atomic E-state index is 12.9. The quantitative estimate of drug-likeness (QED) is 0.453. The molecule has 0 fully saturated rings. The van der Waals surface area contributed by atoms with E-state index >= 15 is 0 Å². The molecule has 7 heteroatoms. The number of nitrogens with zero attached hydrogens (tertiary/aromatic N) is 1. The van der Waals surface area contributed by atoms with Gasteiger partial charge in [0.1, 0.15) is 5.66 Å². The van der Waals surface area contributed by atoms with Crippen LogP contribution in [0.3, 0.4) is 0 Å². The molecule has 0 aliphatic carbocycles. The Kier molecular flexibility index (Phi) is 5.08. The summed E-state index contributed by atoms with van der Waals surface area (Å²) in [6, 6.07) is 15.0. The standard InChI is InChI=1S/C15H16NO5P/c1-20-22(19,21-2)15(12-6-4-3-5-7-12)13-8-10-14(11-9-13)16(17)18/h3-11,15H,1-2H3. The molecule has 0 saturated heterocycles. The molecule has 2 aromatic rings. The molecule has 0 radical (unpaired) electrons. The SMILES string of the molecule is COP(=O)(OC)C(c1ccccc1)c1ccc([N+](=O)[O-])cc1. The van der Waals surface area contributed by atoms with Crippen LogP contribution in [0.5, 0.6) is 0 Å². The second-order valence-corrected chi connectivity index (χ2v) is 6.89. The van der Waals surface area contributed by atoms with Crippen LogP contribution in [-0.4, -0.2) is 19.1 Å². The van der Waals surface area contributed by atoms with Gasteiger partial charge >= 0.3 is 7.60 Å². The van der Waals surface area contributed by atoms with E-state index < -0.39 is 18.2 Å². The van der Waals surface area contributed by atoms with Crippen molar-refractivity contribution in [2.24, 2.45) is 0 Å². The molecule has 0 aliphatic heterocycles. The molecule has 0 bridgehead atoms. The molecular formula is C15H16NO5P.